The summed E-state index contributed by atoms with van der Waals surface area (Å²) in [6.45, 7) is 6.18. The van der Waals surface area contributed by atoms with Gasteiger partial charge in [0.15, 0.2) is 0 Å². The van der Waals surface area contributed by atoms with Crippen LogP contribution in [0.15, 0.2) is 10.6 Å². The average molecular weight is 142 g/mol. The van der Waals surface area contributed by atoms with Gasteiger partial charge in [-0.25, -0.2) is 0 Å². The Morgan fingerprint density at radius 3 is 2.40 bits per heavy atom. The molecule has 0 fully saturated rings. The Labute approximate surface area is 61.7 Å². The largest absolute Gasteiger partial charge is 0.368 e. The number of anilines is 1. The summed E-state index contributed by atoms with van der Waals surface area (Å²) in [5.41, 5.74) is 6.27. The fourth-order valence-corrected chi connectivity index (χ4v) is 0.643. The van der Waals surface area contributed by atoms with Gasteiger partial charge in [-0.05, 0) is 0 Å². The Bertz CT molecular complexity index is 227. The van der Waals surface area contributed by atoms with E-state index in [1.807, 2.05) is 0 Å². The zero-order valence-corrected chi connectivity index (χ0v) is 6.51. The van der Waals surface area contributed by atoms with Crippen LogP contribution in [0.1, 0.15) is 27.9 Å². The Balaban J connectivity index is 0.000001000. The van der Waals surface area contributed by atoms with Crippen LogP contribution >= 0.6 is 0 Å². The van der Waals surface area contributed by atoms with Gasteiger partial charge in [0.1, 0.15) is 0 Å². The Morgan fingerprint density at radius 1 is 1.60 bits per heavy atom. The summed E-state index contributed by atoms with van der Waals surface area (Å²) in [5, 5.41) is 3.79. The topological polar surface area (TPSA) is 52.0 Å². The molecule has 0 spiro atoms. The van der Waals surface area contributed by atoms with Crippen molar-refractivity contribution in [2.45, 2.75) is 26.2 Å². The van der Waals surface area contributed by atoms with E-state index in [0.29, 0.717) is 5.88 Å². The quantitative estimate of drug-likeness (QED) is 0.601. The van der Waals surface area contributed by atoms with Gasteiger partial charge in [-0.15, -0.1) is 0 Å². The SMILES string of the molecule is CC(C)(C)c1cc(N)on1.[HH]. The number of nitrogens with two attached hydrogens (primary N) is 1. The van der Waals surface area contributed by atoms with Crippen molar-refractivity contribution >= 4 is 5.88 Å². The van der Waals surface area contributed by atoms with Gasteiger partial charge in [-0.3, -0.25) is 0 Å². The van der Waals surface area contributed by atoms with Crippen molar-refractivity contribution in [2.75, 3.05) is 5.73 Å². The molecule has 0 saturated carbocycles. The average Bonchev–Trinajstić information content (AvgIpc) is 2.11. The van der Waals surface area contributed by atoms with Gasteiger partial charge in [0.25, 0.3) is 0 Å². The highest BCUT2D eigenvalue weighted by molar-refractivity contribution is 5.27. The fourth-order valence-electron chi connectivity index (χ4n) is 0.643. The molecule has 0 aromatic carbocycles. The van der Waals surface area contributed by atoms with E-state index in [4.69, 9.17) is 10.3 Å². The van der Waals surface area contributed by atoms with E-state index < -0.39 is 0 Å². The van der Waals surface area contributed by atoms with E-state index in [1.165, 1.54) is 0 Å². The first-order chi connectivity index (χ1) is 4.50. The Morgan fingerprint density at radius 2 is 2.20 bits per heavy atom. The summed E-state index contributed by atoms with van der Waals surface area (Å²) in [7, 11) is 0. The number of aromatic nitrogens is 1. The molecular weight excluding hydrogens is 128 g/mol. The van der Waals surface area contributed by atoms with Gasteiger partial charge in [0, 0.05) is 12.9 Å². The number of hydrogen-bond acceptors (Lipinski definition) is 3. The molecule has 1 heterocycles. The second kappa shape index (κ2) is 2.01. The lowest BCUT2D eigenvalue weighted by Crippen LogP contribution is -2.10. The molecule has 3 heteroatoms. The molecule has 1 aromatic rings. The summed E-state index contributed by atoms with van der Waals surface area (Å²) >= 11 is 0. The molecule has 0 aliphatic heterocycles. The molecule has 0 saturated heterocycles. The number of rotatable bonds is 0. The van der Waals surface area contributed by atoms with Crippen LogP contribution in [0.2, 0.25) is 0 Å². The molecule has 10 heavy (non-hydrogen) atoms. The van der Waals surface area contributed by atoms with Crippen LogP contribution in [0, 0.1) is 0 Å². The maximum Gasteiger partial charge on any atom is 0.222 e. The second-order valence-electron chi connectivity index (χ2n) is 3.36. The molecule has 58 valence electrons. The van der Waals surface area contributed by atoms with Crippen molar-refractivity contribution in [1.29, 1.82) is 0 Å². The fraction of sp³-hybridized carbons (Fsp3) is 0.571. The zero-order chi connectivity index (χ0) is 7.78. The van der Waals surface area contributed by atoms with E-state index in [1.54, 1.807) is 6.07 Å². The molecule has 1 rings (SSSR count). The van der Waals surface area contributed by atoms with Crippen LogP contribution in [-0.4, -0.2) is 5.16 Å². The van der Waals surface area contributed by atoms with E-state index >= 15 is 0 Å². The number of nitrogen functional groups attached to an aromatic ring is 1. The minimum Gasteiger partial charge on any atom is -0.368 e. The molecule has 0 amide bonds. The van der Waals surface area contributed by atoms with E-state index in [0.717, 1.165) is 5.69 Å². The molecule has 3 nitrogen and oxygen atoms in total. The van der Waals surface area contributed by atoms with E-state index in [9.17, 15) is 0 Å². The predicted molar refractivity (Wildman–Crippen MR) is 41.7 cm³/mol. The molecule has 0 bridgehead atoms. The molecular formula is C7H14N2O. The Hall–Kier alpha value is -0.990. The van der Waals surface area contributed by atoms with E-state index in [2.05, 4.69) is 25.9 Å². The normalized spacial score (nSPS) is 11.9. The summed E-state index contributed by atoms with van der Waals surface area (Å²) < 4.78 is 4.72. The second-order valence-corrected chi connectivity index (χ2v) is 3.36. The van der Waals surface area contributed by atoms with Crippen LogP contribution in [0.25, 0.3) is 0 Å². The third-order valence-corrected chi connectivity index (χ3v) is 1.30. The summed E-state index contributed by atoms with van der Waals surface area (Å²) in [6, 6.07) is 1.75. The molecule has 0 aliphatic carbocycles. The van der Waals surface area contributed by atoms with Gasteiger partial charge in [0.05, 0.1) is 5.69 Å². The van der Waals surface area contributed by atoms with Crippen molar-refractivity contribution < 1.29 is 5.95 Å². The van der Waals surface area contributed by atoms with Crippen molar-refractivity contribution in [3.8, 4) is 0 Å². The lowest BCUT2D eigenvalue weighted by Gasteiger charge is -2.12. The third-order valence-electron chi connectivity index (χ3n) is 1.30. The molecule has 0 radical (unpaired) electrons. The maximum atomic E-state index is 5.35. The van der Waals surface area contributed by atoms with Crippen LogP contribution in [0.3, 0.4) is 0 Å². The summed E-state index contributed by atoms with van der Waals surface area (Å²) in [5.74, 6) is 0.380. The summed E-state index contributed by atoms with van der Waals surface area (Å²) in [4.78, 5) is 0. The smallest absolute Gasteiger partial charge is 0.222 e. The minimum atomic E-state index is 0. The van der Waals surface area contributed by atoms with Crippen molar-refractivity contribution in [2.24, 2.45) is 0 Å². The van der Waals surface area contributed by atoms with Crippen LogP contribution in [-0.2, 0) is 5.41 Å². The highest BCUT2D eigenvalue weighted by atomic mass is 16.5. The van der Waals surface area contributed by atoms with Crippen molar-refractivity contribution in [1.82, 2.24) is 5.16 Å². The van der Waals surface area contributed by atoms with Gasteiger partial charge in [-0.2, -0.15) is 0 Å². The van der Waals surface area contributed by atoms with Crippen molar-refractivity contribution in [3.63, 3.8) is 0 Å². The van der Waals surface area contributed by atoms with Crippen LogP contribution < -0.4 is 5.73 Å². The lowest BCUT2D eigenvalue weighted by molar-refractivity contribution is 0.405. The van der Waals surface area contributed by atoms with Crippen LogP contribution in [0.5, 0.6) is 0 Å². The van der Waals surface area contributed by atoms with E-state index in [-0.39, 0.29) is 6.84 Å². The monoisotopic (exact) mass is 142 g/mol. The highest BCUT2D eigenvalue weighted by Gasteiger charge is 2.17. The van der Waals surface area contributed by atoms with Crippen molar-refractivity contribution in [3.05, 3.63) is 11.8 Å². The lowest BCUT2D eigenvalue weighted by atomic mass is 9.92. The first-order valence-electron chi connectivity index (χ1n) is 3.23. The minimum absolute atomic E-state index is 0. The van der Waals surface area contributed by atoms with Gasteiger partial charge < -0.3 is 10.3 Å². The highest BCUT2D eigenvalue weighted by Crippen LogP contribution is 2.21. The molecule has 1 aromatic heterocycles. The molecule has 0 aliphatic rings. The number of hydrogen-bond donors (Lipinski definition) is 1. The van der Waals surface area contributed by atoms with Crippen LogP contribution in [0.4, 0.5) is 5.88 Å². The standard InChI is InChI=1S/C7H12N2O.H2/c1-7(2,3)5-4-6(8)10-9-5;/h4H,8H2,1-3H3;1H. The van der Waals surface area contributed by atoms with Gasteiger partial charge >= 0.3 is 0 Å². The Kier molecular flexibility index (Phi) is 1.43. The van der Waals surface area contributed by atoms with Gasteiger partial charge in [0.2, 0.25) is 5.88 Å². The first-order valence-corrected chi connectivity index (χ1v) is 3.23. The third kappa shape index (κ3) is 1.29. The molecule has 0 unspecified atom stereocenters. The molecule has 0 atom stereocenters. The van der Waals surface area contributed by atoms with Gasteiger partial charge in [-0.1, -0.05) is 25.9 Å². The summed E-state index contributed by atoms with van der Waals surface area (Å²) in [6.07, 6.45) is 0. The predicted octanol–water partition coefficient (Wildman–Crippen LogP) is 1.80. The first kappa shape index (κ1) is 7.12. The maximum absolute atomic E-state index is 5.35. The molecule has 2 N–H and O–H groups in total. The number of nitrogens with zero attached hydrogens (tertiary/aromatic N) is 1. The zero-order valence-electron chi connectivity index (χ0n) is 6.51.